The van der Waals surface area contributed by atoms with Crippen LogP contribution in [-0.2, 0) is 0 Å². The fraction of sp³-hybridized carbons (Fsp3) is 0.200. The van der Waals surface area contributed by atoms with Crippen molar-refractivity contribution in [2.24, 2.45) is 5.73 Å². The van der Waals surface area contributed by atoms with Crippen LogP contribution in [0.1, 0.15) is 17.2 Å². The van der Waals surface area contributed by atoms with Crippen molar-refractivity contribution in [2.45, 2.75) is 13.0 Å². The Morgan fingerprint density at radius 2 is 2.00 bits per heavy atom. The molecule has 0 fully saturated rings. The summed E-state index contributed by atoms with van der Waals surface area (Å²) in [4.78, 5) is 0. The van der Waals surface area contributed by atoms with Gasteiger partial charge in [0.15, 0.2) is 11.6 Å². The van der Waals surface area contributed by atoms with E-state index in [-0.39, 0.29) is 24.2 Å². The van der Waals surface area contributed by atoms with Crippen LogP contribution >= 0.6 is 15.9 Å². The lowest BCUT2D eigenvalue weighted by atomic mass is 10.1. The van der Waals surface area contributed by atoms with Crippen molar-refractivity contribution < 1.29 is 9.13 Å². The van der Waals surface area contributed by atoms with Crippen molar-refractivity contribution in [1.29, 1.82) is 0 Å². The summed E-state index contributed by atoms with van der Waals surface area (Å²) in [5, 5.41) is 0. The van der Waals surface area contributed by atoms with Gasteiger partial charge in [-0.2, -0.15) is 0 Å². The minimum absolute atomic E-state index is 0.228. The number of aryl methyl sites for hydroxylation is 1. The van der Waals surface area contributed by atoms with Gasteiger partial charge in [0.1, 0.15) is 6.10 Å². The summed E-state index contributed by atoms with van der Waals surface area (Å²) in [5.74, 6) is -0.151. The number of hydrogen-bond acceptors (Lipinski definition) is 2. The van der Waals surface area contributed by atoms with Crippen LogP contribution in [0.2, 0.25) is 0 Å². The first-order valence-electron chi connectivity index (χ1n) is 5.99. The number of benzene rings is 2. The first-order valence-corrected chi connectivity index (χ1v) is 6.78. The van der Waals surface area contributed by atoms with E-state index in [9.17, 15) is 4.39 Å². The predicted molar refractivity (Wildman–Crippen MR) is 77.7 cm³/mol. The van der Waals surface area contributed by atoms with E-state index < -0.39 is 0 Å². The van der Waals surface area contributed by atoms with Gasteiger partial charge in [-0.3, -0.25) is 0 Å². The molecule has 0 aromatic heterocycles. The third-order valence-electron chi connectivity index (χ3n) is 2.82. The van der Waals surface area contributed by atoms with Gasteiger partial charge in [-0.1, -0.05) is 40.2 Å². The Morgan fingerprint density at radius 3 is 2.68 bits per heavy atom. The lowest BCUT2D eigenvalue weighted by Crippen LogP contribution is -2.19. The van der Waals surface area contributed by atoms with Gasteiger partial charge in [0.25, 0.3) is 0 Å². The molecule has 2 aromatic carbocycles. The highest BCUT2D eigenvalue weighted by Crippen LogP contribution is 2.29. The maximum atomic E-state index is 13.7. The summed E-state index contributed by atoms with van der Waals surface area (Å²) in [6.07, 6.45) is -0.383. The van der Waals surface area contributed by atoms with E-state index in [2.05, 4.69) is 15.9 Å². The Hall–Kier alpha value is -1.39. The number of halogens is 2. The summed E-state index contributed by atoms with van der Waals surface area (Å²) in [6, 6.07) is 12.4. The zero-order valence-electron chi connectivity index (χ0n) is 10.6. The molecule has 2 aromatic rings. The molecule has 0 aliphatic heterocycles. The van der Waals surface area contributed by atoms with Gasteiger partial charge < -0.3 is 10.5 Å². The van der Waals surface area contributed by atoms with Crippen molar-refractivity contribution in [3.05, 3.63) is 63.9 Å². The van der Waals surface area contributed by atoms with Crippen LogP contribution in [-0.4, -0.2) is 6.54 Å². The van der Waals surface area contributed by atoms with Crippen LogP contribution in [0.5, 0.6) is 5.75 Å². The third-order valence-corrected chi connectivity index (χ3v) is 3.54. The van der Waals surface area contributed by atoms with Crippen molar-refractivity contribution >= 4 is 15.9 Å². The molecule has 100 valence electrons. The molecular formula is C15H15BrFNO. The van der Waals surface area contributed by atoms with E-state index in [1.807, 2.05) is 31.2 Å². The van der Waals surface area contributed by atoms with Crippen LogP contribution in [0.3, 0.4) is 0 Å². The molecule has 2 rings (SSSR count). The molecule has 0 spiro atoms. The van der Waals surface area contributed by atoms with Gasteiger partial charge in [0.05, 0.1) is 0 Å². The fourth-order valence-electron chi connectivity index (χ4n) is 1.83. The van der Waals surface area contributed by atoms with Crippen LogP contribution in [0.25, 0.3) is 0 Å². The fourth-order valence-corrected chi connectivity index (χ4v) is 2.37. The summed E-state index contributed by atoms with van der Waals surface area (Å²) in [6.45, 7) is 2.16. The van der Waals surface area contributed by atoms with E-state index in [4.69, 9.17) is 10.5 Å². The normalized spacial score (nSPS) is 12.2. The summed E-state index contributed by atoms with van der Waals surface area (Å²) >= 11 is 3.45. The summed E-state index contributed by atoms with van der Waals surface area (Å²) in [5.41, 5.74) is 7.59. The maximum Gasteiger partial charge on any atom is 0.165 e. The van der Waals surface area contributed by atoms with Gasteiger partial charge in [-0.05, 0) is 30.7 Å². The van der Waals surface area contributed by atoms with Crippen LogP contribution in [0, 0.1) is 12.7 Å². The topological polar surface area (TPSA) is 35.2 Å². The van der Waals surface area contributed by atoms with E-state index in [1.165, 1.54) is 6.07 Å². The molecule has 0 aliphatic rings. The largest absolute Gasteiger partial charge is 0.481 e. The average molecular weight is 324 g/mol. The maximum absolute atomic E-state index is 13.7. The van der Waals surface area contributed by atoms with Gasteiger partial charge in [0, 0.05) is 16.6 Å². The number of ether oxygens (including phenoxy) is 1. The molecule has 2 N–H and O–H groups in total. The minimum atomic E-state index is -0.383. The molecule has 0 bridgehead atoms. The molecule has 4 heteroatoms. The minimum Gasteiger partial charge on any atom is -0.481 e. The second-order valence-electron chi connectivity index (χ2n) is 4.30. The van der Waals surface area contributed by atoms with Gasteiger partial charge in [-0.15, -0.1) is 0 Å². The number of nitrogens with two attached hydrogens (primary N) is 1. The second kappa shape index (κ2) is 6.17. The first kappa shape index (κ1) is 14.0. The number of rotatable bonds is 4. The summed E-state index contributed by atoms with van der Waals surface area (Å²) in [7, 11) is 0. The van der Waals surface area contributed by atoms with Crippen molar-refractivity contribution in [3.8, 4) is 5.75 Å². The Bertz CT molecular complexity index is 574. The van der Waals surface area contributed by atoms with Gasteiger partial charge in [0.2, 0.25) is 0 Å². The van der Waals surface area contributed by atoms with Gasteiger partial charge in [-0.25, -0.2) is 4.39 Å². The molecule has 0 saturated carbocycles. The Morgan fingerprint density at radius 1 is 1.26 bits per heavy atom. The molecule has 0 heterocycles. The molecule has 1 atom stereocenters. The zero-order chi connectivity index (χ0) is 13.8. The smallest absolute Gasteiger partial charge is 0.165 e. The predicted octanol–water partition coefficient (Wildman–Crippen LogP) is 3.98. The van der Waals surface area contributed by atoms with E-state index in [0.29, 0.717) is 0 Å². The van der Waals surface area contributed by atoms with Crippen molar-refractivity contribution in [3.63, 3.8) is 0 Å². The number of hydrogen-bond donors (Lipinski definition) is 1. The van der Waals surface area contributed by atoms with Crippen molar-refractivity contribution in [1.82, 2.24) is 0 Å². The molecule has 1 unspecified atom stereocenters. The first-order chi connectivity index (χ1) is 9.11. The molecular weight excluding hydrogens is 309 g/mol. The summed E-state index contributed by atoms with van der Waals surface area (Å²) < 4.78 is 20.3. The molecule has 0 aliphatic carbocycles. The SMILES string of the molecule is Cc1ccc(F)c(OC(CN)c2ccccc2Br)c1. The average Bonchev–Trinajstić information content (AvgIpc) is 2.41. The molecule has 2 nitrogen and oxygen atoms in total. The second-order valence-corrected chi connectivity index (χ2v) is 5.15. The van der Waals surface area contributed by atoms with E-state index in [1.54, 1.807) is 12.1 Å². The van der Waals surface area contributed by atoms with Crippen LogP contribution < -0.4 is 10.5 Å². The highest BCUT2D eigenvalue weighted by molar-refractivity contribution is 9.10. The van der Waals surface area contributed by atoms with Crippen molar-refractivity contribution in [2.75, 3.05) is 6.54 Å². The molecule has 19 heavy (non-hydrogen) atoms. The highest BCUT2D eigenvalue weighted by atomic mass is 79.9. The zero-order valence-corrected chi connectivity index (χ0v) is 12.2. The van der Waals surface area contributed by atoms with Gasteiger partial charge >= 0.3 is 0 Å². The van der Waals surface area contributed by atoms with E-state index in [0.717, 1.165) is 15.6 Å². The monoisotopic (exact) mass is 323 g/mol. The lowest BCUT2D eigenvalue weighted by molar-refractivity contribution is 0.203. The standard InChI is InChI=1S/C15H15BrFNO/c1-10-6-7-13(17)14(8-10)19-15(9-18)11-4-2-3-5-12(11)16/h2-8,15H,9,18H2,1H3. The lowest BCUT2D eigenvalue weighted by Gasteiger charge is -2.19. The van der Waals surface area contributed by atoms with Crippen LogP contribution in [0.15, 0.2) is 46.9 Å². The molecule has 0 saturated heterocycles. The van der Waals surface area contributed by atoms with E-state index >= 15 is 0 Å². The Labute approximate surface area is 120 Å². The Kier molecular flexibility index (Phi) is 4.56. The third kappa shape index (κ3) is 3.33. The highest BCUT2D eigenvalue weighted by Gasteiger charge is 2.16. The Balaban J connectivity index is 2.29. The molecule has 0 radical (unpaired) electrons. The van der Waals surface area contributed by atoms with Crippen LogP contribution in [0.4, 0.5) is 4.39 Å². The molecule has 0 amide bonds. The quantitative estimate of drug-likeness (QED) is 0.923.